The highest BCUT2D eigenvalue weighted by Gasteiger charge is 2.57. The van der Waals surface area contributed by atoms with Crippen LogP contribution in [0.1, 0.15) is 5.69 Å². The van der Waals surface area contributed by atoms with E-state index >= 15 is 0 Å². The Balaban J connectivity index is 1.42. The molecule has 0 bridgehead atoms. The normalized spacial score (nSPS) is 25.6. The van der Waals surface area contributed by atoms with Crippen molar-refractivity contribution >= 4 is 58.7 Å². The first-order valence-electron chi connectivity index (χ1n) is 8.68. The van der Waals surface area contributed by atoms with Crippen LogP contribution < -0.4 is 5.32 Å². The molecule has 2 fully saturated rings. The lowest BCUT2D eigenvalue weighted by Gasteiger charge is -2.53. The maximum Gasteiger partial charge on any atom is 0.313 e. The first-order valence-corrected chi connectivity index (χ1v) is 11.4. The molecule has 14 nitrogen and oxygen atoms in total. The molecule has 0 aromatic carbocycles. The number of carboxylic acids is 1. The second kappa shape index (κ2) is 8.39. The van der Waals surface area contributed by atoms with Crippen LogP contribution in [-0.4, -0.2) is 97.1 Å². The zero-order valence-corrected chi connectivity index (χ0v) is 18.2. The number of β-lactam (4-membered cyclic amide) rings is 1. The van der Waals surface area contributed by atoms with Gasteiger partial charge in [0.1, 0.15) is 22.5 Å². The number of fused-ring (bicyclic) bond motifs is 1. The number of aromatic nitrogens is 6. The zero-order valence-electron chi connectivity index (χ0n) is 15.8. The van der Waals surface area contributed by atoms with Crippen LogP contribution in [0.25, 0.3) is 0 Å². The van der Waals surface area contributed by atoms with E-state index in [1.54, 1.807) is 7.05 Å². The maximum absolute atomic E-state index is 12.7. The average Bonchev–Trinajstić information content (AvgIpc) is 3.42. The minimum atomic E-state index is -1.19. The number of hydrogen-bond donors (Lipinski definition) is 3. The number of tetrazole rings is 1. The molecule has 0 radical (unpaired) electrons. The van der Waals surface area contributed by atoms with Gasteiger partial charge in [-0.2, -0.15) is 8.75 Å². The van der Waals surface area contributed by atoms with Gasteiger partial charge in [-0.15, -0.1) is 16.9 Å². The number of carbonyl (C=O) groups is 3. The lowest BCUT2D eigenvalue weighted by atomic mass is 9.89. The van der Waals surface area contributed by atoms with E-state index in [1.807, 2.05) is 0 Å². The predicted molar refractivity (Wildman–Crippen MR) is 108 cm³/mol. The molecule has 0 spiro atoms. The summed E-state index contributed by atoms with van der Waals surface area (Å²) in [5.74, 6) is -1.79. The van der Waals surface area contributed by atoms with E-state index in [-0.39, 0.29) is 29.5 Å². The standard InChI is InChI=1S/C14H15N9O5S3/c1-22-13(17-20-21-22)30-5-14(12(26)27)3-23-10(25)8(11(23)29-4-14)16-9(24)7(18-28)6-2-15-31-19-6/h2,8,11,28H,3-5H2,1H3,(H,16,24)(H,26,27)/t8?,11-,14?/m1/s1. The Morgan fingerprint density at radius 1 is 1.48 bits per heavy atom. The Kier molecular flexibility index (Phi) is 5.80. The van der Waals surface area contributed by atoms with Crippen LogP contribution in [0.15, 0.2) is 16.5 Å². The first kappa shape index (κ1) is 21.4. The molecule has 164 valence electrons. The fraction of sp³-hybridized carbons (Fsp3) is 0.500. The van der Waals surface area contributed by atoms with Gasteiger partial charge in [-0.1, -0.05) is 16.9 Å². The van der Waals surface area contributed by atoms with Gasteiger partial charge in [-0.25, -0.2) is 4.68 Å². The molecule has 2 aromatic heterocycles. The largest absolute Gasteiger partial charge is 0.481 e. The molecule has 17 heteroatoms. The molecule has 2 amide bonds. The van der Waals surface area contributed by atoms with Crippen LogP contribution >= 0.6 is 35.3 Å². The van der Waals surface area contributed by atoms with Gasteiger partial charge in [-0.05, 0) is 10.4 Å². The number of amides is 2. The Hall–Kier alpha value is -2.79. The van der Waals surface area contributed by atoms with Crippen LogP contribution in [0.4, 0.5) is 0 Å². The van der Waals surface area contributed by atoms with Crippen molar-refractivity contribution in [2.24, 2.45) is 17.6 Å². The van der Waals surface area contributed by atoms with Gasteiger partial charge in [0.2, 0.25) is 11.1 Å². The molecular weight excluding hydrogens is 470 g/mol. The van der Waals surface area contributed by atoms with Crippen molar-refractivity contribution in [2.45, 2.75) is 16.6 Å². The fourth-order valence-corrected chi connectivity index (χ4v) is 6.27. The lowest BCUT2D eigenvalue weighted by Crippen LogP contribution is -2.74. The molecule has 4 heterocycles. The summed E-state index contributed by atoms with van der Waals surface area (Å²) in [5, 5.41) is 35.6. The molecule has 31 heavy (non-hydrogen) atoms. The molecule has 4 rings (SSSR count). The van der Waals surface area contributed by atoms with Gasteiger partial charge in [-0.3, -0.25) is 14.4 Å². The fourth-order valence-electron chi connectivity index (χ4n) is 3.14. The summed E-state index contributed by atoms with van der Waals surface area (Å²) >= 11 is 3.31. The number of aliphatic carboxylic acids is 1. The van der Waals surface area contributed by atoms with Crippen LogP contribution in [0.2, 0.25) is 0 Å². The summed E-state index contributed by atoms with van der Waals surface area (Å²) in [7, 11) is 1.65. The predicted octanol–water partition coefficient (Wildman–Crippen LogP) is -1.50. The summed E-state index contributed by atoms with van der Waals surface area (Å²) in [5.41, 5.74) is -1.45. The summed E-state index contributed by atoms with van der Waals surface area (Å²) in [6.45, 7) is 0.000433. The zero-order chi connectivity index (χ0) is 22.2. The van der Waals surface area contributed by atoms with Crippen LogP contribution in [0.3, 0.4) is 0 Å². The number of thioether (sulfide) groups is 2. The number of oxime groups is 1. The van der Waals surface area contributed by atoms with E-state index < -0.39 is 34.6 Å². The Bertz CT molecular complexity index is 1040. The molecule has 2 aliphatic heterocycles. The second-order valence-electron chi connectivity index (χ2n) is 6.82. The number of carbonyl (C=O) groups excluding carboxylic acids is 2. The maximum atomic E-state index is 12.7. The smallest absolute Gasteiger partial charge is 0.313 e. The van der Waals surface area contributed by atoms with E-state index in [1.165, 1.54) is 39.3 Å². The second-order valence-corrected chi connectivity index (χ2v) is 9.42. The van der Waals surface area contributed by atoms with Gasteiger partial charge >= 0.3 is 5.97 Å². The number of carboxylic acid groups (broad SMARTS) is 1. The molecule has 3 atom stereocenters. The third-order valence-corrected chi connectivity index (χ3v) is 8.23. The third-order valence-electron chi connectivity index (χ3n) is 4.86. The van der Waals surface area contributed by atoms with E-state index in [0.29, 0.717) is 5.16 Å². The van der Waals surface area contributed by atoms with Crippen molar-refractivity contribution in [3.63, 3.8) is 0 Å². The van der Waals surface area contributed by atoms with Crippen molar-refractivity contribution in [3.8, 4) is 0 Å². The van der Waals surface area contributed by atoms with Crippen molar-refractivity contribution in [1.29, 1.82) is 0 Å². The summed E-state index contributed by atoms with van der Waals surface area (Å²) < 4.78 is 9.03. The number of rotatable bonds is 7. The van der Waals surface area contributed by atoms with Gasteiger partial charge in [0.15, 0.2) is 5.71 Å². The molecule has 2 unspecified atom stereocenters. The van der Waals surface area contributed by atoms with E-state index in [9.17, 15) is 19.5 Å². The summed E-state index contributed by atoms with van der Waals surface area (Å²) in [4.78, 5) is 38.6. The lowest BCUT2D eigenvalue weighted by molar-refractivity contribution is -0.157. The van der Waals surface area contributed by atoms with Crippen molar-refractivity contribution in [1.82, 2.24) is 39.2 Å². The topological polar surface area (TPSA) is 189 Å². The Morgan fingerprint density at radius 3 is 2.90 bits per heavy atom. The van der Waals surface area contributed by atoms with E-state index in [4.69, 9.17) is 5.21 Å². The summed E-state index contributed by atoms with van der Waals surface area (Å²) in [6, 6.07) is -0.858. The van der Waals surface area contributed by atoms with E-state index in [2.05, 4.69) is 34.7 Å². The highest BCUT2D eigenvalue weighted by Crippen LogP contribution is 2.44. The van der Waals surface area contributed by atoms with Gasteiger partial charge < -0.3 is 20.5 Å². The third kappa shape index (κ3) is 3.83. The van der Waals surface area contributed by atoms with Crippen molar-refractivity contribution in [2.75, 3.05) is 18.1 Å². The van der Waals surface area contributed by atoms with E-state index in [0.717, 1.165) is 11.7 Å². The molecule has 3 N–H and O–H groups in total. The summed E-state index contributed by atoms with van der Waals surface area (Å²) in [6.07, 6.45) is 1.27. The average molecular weight is 486 g/mol. The Morgan fingerprint density at radius 2 is 2.29 bits per heavy atom. The number of nitrogens with zero attached hydrogens (tertiary/aromatic N) is 8. The number of hydrogen-bond acceptors (Lipinski definition) is 13. The highest BCUT2D eigenvalue weighted by atomic mass is 32.2. The monoisotopic (exact) mass is 485 g/mol. The minimum absolute atomic E-state index is 0.000433. The quantitative estimate of drug-likeness (QED) is 0.136. The highest BCUT2D eigenvalue weighted by molar-refractivity contribution is 8.00. The number of nitrogens with one attached hydrogen (secondary N) is 1. The molecule has 2 saturated heterocycles. The van der Waals surface area contributed by atoms with Gasteiger partial charge in [0, 0.05) is 25.1 Å². The molecular formula is C14H15N9O5S3. The van der Waals surface area contributed by atoms with Crippen LogP contribution in [0.5, 0.6) is 0 Å². The van der Waals surface area contributed by atoms with Crippen molar-refractivity contribution < 1.29 is 24.7 Å². The molecule has 2 aromatic rings. The van der Waals surface area contributed by atoms with Crippen molar-refractivity contribution in [3.05, 3.63) is 11.9 Å². The molecule has 2 aliphatic rings. The Labute approximate surface area is 186 Å². The van der Waals surface area contributed by atoms with Crippen LogP contribution in [0, 0.1) is 5.41 Å². The SMILES string of the molecule is Cn1nnnc1SCC1(C(=O)O)CS[C@@H]2C(NC(=O)C(=NO)c3cnsn3)C(=O)N2C1. The molecule has 0 saturated carbocycles. The molecule has 0 aliphatic carbocycles. The minimum Gasteiger partial charge on any atom is -0.481 e. The van der Waals surface area contributed by atoms with Crippen LogP contribution in [-0.2, 0) is 21.4 Å². The van der Waals surface area contributed by atoms with Gasteiger partial charge in [0.25, 0.3) is 5.91 Å². The van der Waals surface area contributed by atoms with Gasteiger partial charge in [0.05, 0.1) is 17.9 Å². The number of aryl methyl sites for hydroxylation is 1. The first-order chi connectivity index (χ1) is 14.9.